The summed E-state index contributed by atoms with van der Waals surface area (Å²) in [5.74, 6) is -0.102. The first-order chi connectivity index (χ1) is 9.75. The highest BCUT2D eigenvalue weighted by Gasteiger charge is 2.12. The first-order valence-electron chi connectivity index (χ1n) is 6.80. The molecule has 1 aromatic heterocycles. The molecular formula is C15H20N4O. The predicted octanol–water partition coefficient (Wildman–Crippen LogP) is 0.959. The first-order valence-corrected chi connectivity index (χ1v) is 6.80. The van der Waals surface area contributed by atoms with E-state index in [1.807, 2.05) is 47.3 Å². The van der Waals surface area contributed by atoms with E-state index in [9.17, 15) is 4.79 Å². The number of nitrogens with two attached hydrogens (primary N) is 1. The second-order valence-corrected chi connectivity index (χ2v) is 4.71. The Labute approximate surface area is 118 Å². The average Bonchev–Trinajstić information content (AvgIpc) is 2.97. The average molecular weight is 272 g/mol. The number of hydrogen-bond donors (Lipinski definition) is 2. The molecule has 1 amide bonds. The van der Waals surface area contributed by atoms with Crippen LogP contribution in [0.2, 0.25) is 0 Å². The molecule has 0 fully saturated rings. The van der Waals surface area contributed by atoms with Crippen molar-refractivity contribution in [3.05, 3.63) is 54.4 Å². The fourth-order valence-corrected chi connectivity index (χ4v) is 1.98. The van der Waals surface area contributed by atoms with Crippen molar-refractivity contribution in [3.63, 3.8) is 0 Å². The van der Waals surface area contributed by atoms with Crippen molar-refractivity contribution >= 4 is 5.91 Å². The summed E-state index contributed by atoms with van der Waals surface area (Å²) in [6, 6.07) is 11.2. The number of hydrogen-bond acceptors (Lipinski definition) is 3. The van der Waals surface area contributed by atoms with E-state index >= 15 is 0 Å². The maximum Gasteiger partial charge on any atom is 0.237 e. The number of nitrogens with zero attached hydrogens (tertiary/aromatic N) is 2. The zero-order valence-corrected chi connectivity index (χ0v) is 11.4. The van der Waals surface area contributed by atoms with Crippen LogP contribution in [0, 0.1) is 0 Å². The van der Waals surface area contributed by atoms with Crippen LogP contribution in [0.3, 0.4) is 0 Å². The molecule has 20 heavy (non-hydrogen) atoms. The van der Waals surface area contributed by atoms with E-state index in [0.717, 1.165) is 18.5 Å². The third kappa shape index (κ3) is 4.51. The number of carbonyl (C=O) groups excluding carboxylic acids is 1. The molecule has 1 atom stereocenters. The van der Waals surface area contributed by atoms with Crippen LogP contribution >= 0.6 is 0 Å². The van der Waals surface area contributed by atoms with Crippen molar-refractivity contribution in [2.45, 2.75) is 25.4 Å². The number of aromatic nitrogens is 2. The zero-order valence-electron chi connectivity index (χ0n) is 11.4. The fourth-order valence-electron chi connectivity index (χ4n) is 1.98. The van der Waals surface area contributed by atoms with E-state index in [0.29, 0.717) is 13.0 Å². The van der Waals surface area contributed by atoms with Gasteiger partial charge >= 0.3 is 0 Å². The molecule has 5 heteroatoms. The first kappa shape index (κ1) is 14.3. The lowest BCUT2D eigenvalue weighted by Gasteiger charge is -2.12. The molecule has 3 N–H and O–H groups in total. The van der Waals surface area contributed by atoms with Crippen molar-refractivity contribution in [1.82, 2.24) is 15.1 Å². The van der Waals surface area contributed by atoms with E-state index in [1.54, 1.807) is 6.20 Å². The van der Waals surface area contributed by atoms with Crippen LogP contribution in [0.15, 0.2) is 48.8 Å². The summed E-state index contributed by atoms with van der Waals surface area (Å²) in [5, 5.41) is 6.96. The molecule has 0 bridgehead atoms. The molecule has 106 valence electrons. The van der Waals surface area contributed by atoms with E-state index in [1.165, 1.54) is 0 Å². The summed E-state index contributed by atoms with van der Waals surface area (Å²) in [5.41, 5.74) is 6.97. The summed E-state index contributed by atoms with van der Waals surface area (Å²) >= 11 is 0. The predicted molar refractivity (Wildman–Crippen MR) is 78.0 cm³/mol. The lowest BCUT2D eigenvalue weighted by atomic mass is 10.1. The minimum absolute atomic E-state index is 0.102. The third-order valence-electron chi connectivity index (χ3n) is 3.06. The minimum atomic E-state index is -0.498. The van der Waals surface area contributed by atoms with Gasteiger partial charge < -0.3 is 11.1 Å². The van der Waals surface area contributed by atoms with E-state index in [2.05, 4.69) is 10.4 Å². The van der Waals surface area contributed by atoms with E-state index < -0.39 is 6.04 Å². The summed E-state index contributed by atoms with van der Waals surface area (Å²) in [4.78, 5) is 11.9. The summed E-state index contributed by atoms with van der Waals surface area (Å²) in [7, 11) is 0. The fraction of sp³-hybridized carbons (Fsp3) is 0.333. The maximum absolute atomic E-state index is 11.9. The molecule has 1 heterocycles. The minimum Gasteiger partial charge on any atom is -0.355 e. The van der Waals surface area contributed by atoms with Crippen LogP contribution in [-0.4, -0.2) is 28.3 Å². The Bertz CT molecular complexity index is 510. The molecule has 0 radical (unpaired) electrons. The molecule has 0 aliphatic heterocycles. The monoisotopic (exact) mass is 272 g/mol. The van der Waals surface area contributed by atoms with Crippen molar-refractivity contribution in [1.29, 1.82) is 0 Å². The zero-order chi connectivity index (χ0) is 14.2. The highest BCUT2D eigenvalue weighted by molar-refractivity contribution is 5.81. The topological polar surface area (TPSA) is 72.9 Å². The van der Waals surface area contributed by atoms with Crippen LogP contribution in [0.1, 0.15) is 12.0 Å². The second-order valence-electron chi connectivity index (χ2n) is 4.71. The van der Waals surface area contributed by atoms with Crippen LogP contribution < -0.4 is 11.1 Å². The van der Waals surface area contributed by atoms with Crippen molar-refractivity contribution < 1.29 is 4.79 Å². The van der Waals surface area contributed by atoms with Crippen molar-refractivity contribution in [2.24, 2.45) is 5.73 Å². The van der Waals surface area contributed by atoms with Gasteiger partial charge in [-0.15, -0.1) is 0 Å². The van der Waals surface area contributed by atoms with Gasteiger partial charge in [-0.05, 0) is 24.5 Å². The highest BCUT2D eigenvalue weighted by Crippen LogP contribution is 2.01. The number of amides is 1. The quantitative estimate of drug-likeness (QED) is 0.737. The molecule has 0 unspecified atom stereocenters. The molecule has 5 nitrogen and oxygen atoms in total. The Balaban J connectivity index is 1.66. The second kappa shape index (κ2) is 7.45. The van der Waals surface area contributed by atoms with Gasteiger partial charge in [0.15, 0.2) is 0 Å². The molecular weight excluding hydrogens is 252 g/mol. The third-order valence-corrected chi connectivity index (χ3v) is 3.06. The number of carbonyl (C=O) groups is 1. The Morgan fingerprint density at radius 1 is 1.30 bits per heavy atom. The van der Waals surface area contributed by atoms with Crippen molar-refractivity contribution in [2.75, 3.05) is 6.54 Å². The Morgan fingerprint density at radius 3 is 2.80 bits per heavy atom. The van der Waals surface area contributed by atoms with Gasteiger partial charge in [0, 0.05) is 25.5 Å². The molecule has 2 aromatic rings. The molecule has 0 saturated carbocycles. The standard InChI is InChI=1S/C15H20N4O/c16-14(12-13-6-2-1-3-7-13)15(20)17-8-4-10-19-11-5-9-18-19/h1-3,5-7,9,11,14H,4,8,10,12,16H2,(H,17,20)/t14-/m0/s1. The number of rotatable bonds is 7. The summed E-state index contributed by atoms with van der Waals surface area (Å²) < 4.78 is 1.84. The van der Waals surface area contributed by atoms with Gasteiger partial charge in [-0.3, -0.25) is 9.48 Å². The molecule has 1 aromatic carbocycles. The summed E-state index contributed by atoms with van der Waals surface area (Å²) in [6.45, 7) is 1.41. The van der Waals surface area contributed by atoms with Gasteiger partial charge in [-0.25, -0.2) is 0 Å². The normalized spacial score (nSPS) is 12.1. The van der Waals surface area contributed by atoms with Gasteiger partial charge in [0.2, 0.25) is 5.91 Å². The van der Waals surface area contributed by atoms with Crippen LogP contribution in [0.4, 0.5) is 0 Å². The van der Waals surface area contributed by atoms with Gasteiger partial charge in [0.05, 0.1) is 6.04 Å². The molecule has 0 saturated heterocycles. The number of nitrogens with one attached hydrogen (secondary N) is 1. The van der Waals surface area contributed by atoms with Crippen LogP contribution in [0.5, 0.6) is 0 Å². The highest BCUT2D eigenvalue weighted by atomic mass is 16.2. The van der Waals surface area contributed by atoms with Crippen molar-refractivity contribution in [3.8, 4) is 0 Å². The molecule has 0 spiro atoms. The number of benzene rings is 1. The Morgan fingerprint density at radius 2 is 2.10 bits per heavy atom. The summed E-state index contributed by atoms with van der Waals surface area (Å²) in [6.07, 6.45) is 5.05. The van der Waals surface area contributed by atoms with Gasteiger partial charge in [0.25, 0.3) is 0 Å². The lowest BCUT2D eigenvalue weighted by molar-refractivity contribution is -0.122. The Hall–Kier alpha value is -2.14. The molecule has 2 rings (SSSR count). The molecule has 0 aliphatic rings. The van der Waals surface area contributed by atoms with E-state index in [-0.39, 0.29) is 5.91 Å². The SMILES string of the molecule is N[C@@H](Cc1ccccc1)C(=O)NCCCn1cccn1. The number of aryl methyl sites for hydroxylation is 1. The van der Waals surface area contributed by atoms with E-state index in [4.69, 9.17) is 5.73 Å². The largest absolute Gasteiger partial charge is 0.355 e. The van der Waals surface area contributed by atoms with Crippen LogP contribution in [0.25, 0.3) is 0 Å². The smallest absolute Gasteiger partial charge is 0.237 e. The van der Waals surface area contributed by atoms with Crippen LogP contribution in [-0.2, 0) is 17.8 Å². The maximum atomic E-state index is 11.9. The Kier molecular flexibility index (Phi) is 5.32. The van der Waals surface area contributed by atoms with Gasteiger partial charge in [-0.1, -0.05) is 30.3 Å². The lowest BCUT2D eigenvalue weighted by Crippen LogP contribution is -2.42. The van der Waals surface area contributed by atoms with Gasteiger partial charge in [-0.2, -0.15) is 5.10 Å². The van der Waals surface area contributed by atoms with Gasteiger partial charge in [0.1, 0.15) is 0 Å². The molecule has 0 aliphatic carbocycles.